The lowest BCUT2D eigenvalue weighted by molar-refractivity contribution is 0.0905. The summed E-state index contributed by atoms with van der Waals surface area (Å²) in [5.74, 6) is 1.04. The molecule has 6 heteroatoms. The maximum atomic E-state index is 13.2. The number of furan rings is 1. The molecule has 1 fully saturated rings. The molecule has 0 aliphatic carbocycles. The van der Waals surface area contributed by atoms with Gasteiger partial charge in [0.1, 0.15) is 0 Å². The average Bonchev–Trinajstić information content (AvgIpc) is 3.30. The first-order chi connectivity index (χ1) is 14.2. The fraction of sp³-hybridized carbons (Fsp3) is 0.348. The Bertz CT molecular complexity index is 899. The molecule has 1 aliphatic heterocycles. The van der Waals surface area contributed by atoms with E-state index < -0.39 is 0 Å². The summed E-state index contributed by atoms with van der Waals surface area (Å²) in [5, 5.41) is 0. The molecule has 3 aromatic rings. The second-order valence-electron chi connectivity index (χ2n) is 7.59. The number of aromatic nitrogens is 2. The van der Waals surface area contributed by atoms with E-state index in [1.54, 1.807) is 35.6 Å². The van der Waals surface area contributed by atoms with Crippen LogP contribution in [-0.2, 0) is 6.42 Å². The van der Waals surface area contributed by atoms with Gasteiger partial charge in [-0.05, 0) is 36.5 Å². The molecular weight excluding hydrogens is 364 g/mol. The third-order valence-corrected chi connectivity index (χ3v) is 5.58. The van der Waals surface area contributed by atoms with Gasteiger partial charge in [0.2, 0.25) is 0 Å². The summed E-state index contributed by atoms with van der Waals surface area (Å²) in [7, 11) is 0. The van der Waals surface area contributed by atoms with Gasteiger partial charge in [-0.2, -0.15) is 0 Å². The number of benzene rings is 1. The van der Waals surface area contributed by atoms with E-state index in [9.17, 15) is 4.79 Å². The Hall–Kier alpha value is -2.99. The molecule has 2 atom stereocenters. The van der Waals surface area contributed by atoms with Gasteiger partial charge < -0.3 is 9.32 Å². The molecule has 0 bridgehead atoms. The van der Waals surface area contributed by atoms with Gasteiger partial charge in [-0.3, -0.25) is 14.7 Å². The molecule has 0 saturated carbocycles. The second-order valence-corrected chi connectivity index (χ2v) is 7.59. The monoisotopic (exact) mass is 390 g/mol. The molecule has 1 aliphatic rings. The van der Waals surface area contributed by atoms with Gasteiger partial charge >= 0.3 is 0 Å². The van der Waals surface area contributed by atoms with Gasteiger partial charge in [-0.25, -0.2) is 4.98 Å². The van der Waals surface area contributed by atoms with Crippen LogP contribution in [0.4, 0.5) is 5.82 Å². The number of rotatable bonds is 6. The number of hydrogen-bond acceptors (Lipinski definition) is 5. The molecule has 2 aromatic heterocycles. The maximum absolute atomic E-state index is 13.2. The van der Waals surface area contributed by atoms with Crippen LogP contribution in [0.5, 0.6) is 0 Å². The summed E-state index contributed by atoms with van der Waals surface area (Å²) in [6.07, 6.45) is 8.34. The Balaban J connectivity index is 1.47. The van der Waals surface area contributed by atoms with E-state index in [4.69, 9.17) is 4.42 Å². The smallest absolute Gasteiger partial charge is 0.295 e. The topological polar surface area (TPSA) is 62.5 Å². The predicted octanol–water partition coefficient (Wildman–Crippen LogP) is 3.67. The number of amides is 1. The minimum absolute atomic E-state index is 0.0530. The number of carbonyl (C=O) groups is 1. The maximum Gasteiger partial charge on any atom is 0.295 e. The van der Waals surface area contributed by atoms with Crippen molar-refractivity contribution in [3.63, 3.8) is 0 Å². The molecular formula is C23H26N4O2. The van der Waals surface area contributed by atoms with Gasteiger partial charge in [-0.15, -0.1) is 0 Å². The highest BCUT2D eigenvalue weighted by molar-refractivity contribution is 6.04. The number of anilines is 1. The Kier molecular flexibility index (Phi) is 6.00. The SMILES string of the molecule is C[C@H]1CN(CCc2ccccc2)CC[C@@H]1N(C(=O)c1ccco1)c1cnccn1. The van der Waals surface area contributed by atoms with Crippen LogP contribution >= 0.6 is 0 Å². The zero-order valence-corrected chi connectivity index (χ0v) is 16.6. The van der Waals surface area contributed by atoms with E-state index in [1.807, 2.05) is 6.07 Å². The minimum Gasteiger partial charge on any atom is -0.459 e. The van der Waals surface area contributed by atoms with E-state index in [1.165, 1.54) is 11.8 Å². The van der Waals surface area contributed by atoms with E-state index in [0.717, 1.165) is 32.5 Å². The molecule has 3 heterocycles. The second kappa shape index (κ2) is 9.01. The van der Waals surface area contributed by atoms with Crippen LogP contribution in [0.2, 0.25) is 0 Å². The highest BCUT2D eigenvalue weighted by atomic mass is 16.3. The van der Waals surface area contributed by atoms with Crippen LogP contribution in [0.3, 0.4) is 0 Å². The van der Waals surface area contributed by atoms with Crippen LogP contribution in [0.15, 0.2) is 71.7 Å². The molecule has 0 spiro atoms. The number of nitrogens with zero attached hydrogens (tertiary/aromatic N) is 4. The van der Waals surface area contributed by atoms with Crippen LogP contribution in [-0.4, -0.2) is 46.5 Å². The number of likely N-dealkylation sites (tertiary alicyclic amines) is 1. The van der Waals surface area contributed by atoms with Gasteiger partial charge in [0.25, 0.3) is 5.91 Å². The van der Waals surface area contributed by atoms with Crippen molar-refractivity contribution in [1.82, 2.24) is 14.9 Å². The molecule has 29 heavy (non-hydrogen) atoms. The molecule has 4 rings (SSSR count). The van der Waals surface area contributed by atoms with Crippen molar-refractivity contribution < 1.29 is 9.21 Å². The fourth-order valence-corrected chi connectivity index (χ4v) is 4.10. The molecule has 1 saturated heterocycles. The average molecular weight is 390 g/mol. The summed E-state index contributed by atoms with van der Waals surface area (Å²) in [4.78, 5) is 26.0. The highest BCUT2D eigenvalue weighted by Crippen LogP contribution is 2.27. The zero-order chi connectivity index (χ0) is 20.1. The lowest BCUT2D eigenvalue weighted by Gasteiger charge is -2.41. The quantitative estimate of drug-likeness (QED) is 0.643. The van der Waals surface area contributed by atoms with Crippen molar-refractivity contribution in [1.29, 1.82) is 0 Å². The largest absolute Gasteiger partial charge is 0.459 e. The van der Waals surface area contributed by atoms with Crippen molar-refractivity contribution in [2.45, 2.75) is 25.8 Å². The first-order valence-electron chi connectivity index (χ1n) is 10.1. The predicted molar refractivity (Wildman–Crippen MR) is 112 cm³/mol. The lowest BCUT2D eigenvalue weighted by atomic mass is 9.91. The summed E-state index contributed by atoms with van der Waals surface area (Å²) >= 11 is 0. The van der Waals surface area contributed by atoms with Crippen LogP contribution in [0.1, 0.15) is 29.5 Å². The Labute approximate surface area is 171 Å². The number of hydrogen-bond donors (Lipinski definition) is 0. The van der Waals surface area contributed by atoms with Crippen molar-refractivity contribution in [2.24, 2.45) is 5.92 Å². The normalized spacial score (nSPS) is 19.8. The Morgan fingerprint density at radius 1 is 1.21 bits per heavy atom. The summed E-state index contributed by atoms with van der Waals surface area (Å²) < 4.78 is 5.38. The molecule has 1 aromatic carbocycles. The molecule has 0 unspecified atom stereocenters. The van der Waals surface area contributed by atoms with E-state index in [0.29, 0.717) is 17.5 Å². The lowest BCUT2D eigenvalue weighted by Crippen LogP contribution is -2.53. The standard InChI is InChI=1S/C23H26N4O2/c1-18-17-26(13-9-19-6-3-2-4-7-19)14-10-20(18)27(22-16-24-11-12-25-22)23(28)21-8-5-15-29-21/h2-8,11-12,15-16,18,20H,9-10,13-14,17H2,1H3/t18-,20-/m0/s1. The number of carbonyl (C=O) groups excluding carboxylic acids is 1. The molecule has 1 amide bonds. The molecule has 0 N–H and O–H groups in total. The van der Waals surface area contributed by atoms with E-state index >= 15 is 0 Å². The van der Waals surface area contributed by atoms with Crippen molar-refractivity contribution >= 4 is 11.7 Å². The van der Waals surface area contributed by atoms with Crippen molar-refractivity contribution in [3.05, 3.63) is 78.6 Å². The zero-order valence-electron chi connectivity index (χ0n) is 16.6. The molecule has 150 valence electrons. The summed E-state index contributed by atoms with van der Waals surface area (Å²) in [5.41, 5.74) is 1.36. The highest BCUT2D eigenvalue weighted by Gasteiger charge is 2.36. The Morgan fingerprint density at radius 3 is 2.76 bits per heavy atom. The third-order valence-electron chi connectivity index (χ3n) is 5.58. The van der Waals surface area contributed by atoms with Crippen LogP contribution in [0.25, 0.3) is 0 Å². The summed E-state index contributed by atoms with van der Waals surface area (Å²) in [6, 6.07) is 14.1. The van der Waals surface area contributed by atoms with Crippen molar-refractivity contribution in [3.8, 4) is 0 Å². The molecule has 0 radical (unpaired) electrons. The minimum atomic E-state index is -0.162. The first kappa shape index (κ1) is 19.3. The van der Waals surface area contributed by atoms with Crippen LogP contribution < -0.4 is 4.90 Å². The summed E-state index contributed by atoms with van der Waals surface area (Å²) in [6.45, 7) is 5.13. The van der Waals surface area contributed by atoms with E-state index in [-0.39, 0.29) is 11.9 Å². The molecule has 6 nitrogen and oxygen atoms in total. The Morgan fingerprint density at radius 2 is 2.07 bits per heavy atom. The van der Waals surface area contributed by atoms with Gasteiger partial charge in [-0.1, -0.05) is 37.3 Å². The fourth-order valence-electron chi connectivity index (χ4n) is 4.10. The third kappa shape index (κ3) is 4.54. The van der Waals surface area contributed by atoms with Crippen LogP contribution in [0, 0.1) is 5.92 Å². The number of piperidine rings is 1. The van der Waals surface area contributed by atoms with Gasteiger partial charge in [0.05, 0.1) is 12.5 Å². The van der Waals surface area contributed by atoms with E-state index in [2.05, 4.69) is 46.1 Å². The van der Waals surface area contributed by atoms with Gasteiger partial charge in [0, 0.05) is 38.1 Å². The van der Waals surface area contributed by atoms with Crippen molar-refractivity contribution in [2.75, 3.05) is 24.5 Å². The van der Waals surface area contributed by atoms with Gasteiger partial charge in [0.15, 0.2) is 11.6 Å². The first-order valence-corrected chi connectivity index (χ1v) is 10.1.